The van der Waals surface area contributed by atoms with Crippen LogP contribution in [-0.2, 0) is 0 Å². The van der Waals surface area contributed by atoms with E-state index in [1.54, 1.807) is 20.3 Å². The maximum absolute atomic E-state index is 12.3. The summed E-state index contributed by atoms with van der Waals surface area (Å²) in [5.74, 6) is 0.743. The number of rotatable bonds is 3. The molecule has 0 atom stereocenters. The average Bonchev–Trinajstić information content (AvgIpc) is 2.65. The molecule has 0 radical (unpaired) electrons. The van der Waals surface area contributed by atoms with Crippen LogP contribution < -0.4 is 9.47 Å². The average molecular weight is 332 g/mol. The maximum Gasteiger partial charge on any atom is 0.227 e. The van der Waals surface area contributed by atoms with E-state index in [0.29, 0.717) is 17.1 Å². The second-order valence-corrected chi connectivity index (χ2v) is 5.86. The number of Topliss-reactive ketones (excluding diaryl/α,β-unsaturated/α-hetero) is 1. The molecule has 0 spiro atoms. The van der Waals surface area contributed by atoms with Gasteiger partial charge in [-0.2, -0.15) is 0 Å². The molecular formula is C21H16O4. The lowest BCUT2D eigenvalue weighted by molar-refractivity contribution is 0.0981. The lowest BCUT2D eigenvalue weighted by atomic mass is 9.87. The van der Waals surface area contributed by atoms with Crippen LogP contribution in [0.2, 0.25) is 0 Å². The second-order valence-electron chi connectivity index (χ2n) is 5.86. The van der Waals surface area contributed by atoms with E-state index < -0.39 is 0 Å². The maximum atomic E-state index is 12.3. The molecule has 0 aromatic heterocycles. The van der Waals surface area contributed by atoms with Crippen molar-refractivity contribution in [1.82, 2.24) is 0 Å². The standard InChI is InChI=1S/C21H16O4/c1-24-18-9-7-12(11-19(18)25-2)14-8-6-13-10-17(22)21(23)16-5-3-4-15(14)20(13)16/h3-11,22H,1-2H3. The summed E-state index contributed by atoms with van der Waals surface area (Å²) >= 11 is 0. The molecule has 0 unspecified atom stereocenters. The minimum absolute atomic E-state index is 0.223. The summed E-state index contributed by atoms with van der Waals surface area (Å²) < 4.78 is 10.7. The van der Waals surface area contributed by atoms with Crippen LogP contribution in [0.25, 0.3) is 28.0 Å². The first-order valence-electron chi connectivity index (χ1n) is 7.87. The van der Waals surface area contributed by atoms with Crippen molar-refractivity contribution in [2.45, 2.75) is 0 Å². The first-order valence-corrected chi connectivity index (χ1v) is 7.87. The first-order chi connectivity index (χ1) is 12.1. The topological polar surface area (TPSA) is 55.8 Å². The Morgan fingerprint density at radius 2 is 1.68 bits per heavy atom. The van der Waals surface area contributed by atoms with Gasteiger partial charge in [-0.25, -0.2) is 0 Å². The highest BCUT2D eigenvalue weighted by molar-refractivity contribution is 6.23. The van der Waals surface area contributed by atoms with Gasteiger partial charge in [-0.15, -0.1) is 0 Å². The van der Waals surface area contributed by atoms with Crippen molar-refractivity contribution in [1.29, 1.82) is 0 Å². The molecule has 25 heavy (non-hydrogen) atoms. The molecule has 1 N–H and O–H groups in total. The Balaban J connectivity index is 2.00. The van der Waals surface area contributed by atoms with Gasteiger partial charge in [-0.05, 0) is 40.3 Å². The van der Waals surface area contributed by atoms with Gasteiger partial charge in [0.1, 0.15) is 0 Å². The Labute approximate surface area is 144 Å². The highest BCUT2D eigenvalue weighted by atomic mass is 16.5. The molecule has 3 aromatic rings. The van der Waals surface area contributed by atoms with Crippen LogP contribution in [0.3, 0.4) is 0 Å². The third-order valence-electron chi connectivity index (χ3n) is 4.54. The van der Waals surface area contributed by atoms with E-state index in [1.165, 1.54) is 6.08 Å². The van der Waals surface area contributed by atoms with Crippen molar-refractivity contribution in [2.75, 3.05) is 14.2 Å². The van der Waals surface area contributed by atoms with Crippen LogP contribution in [0.5, 0.6) is 11.5 Å². The SMILES string of the molecule is COc1ccc(-c2ccc3c4c(cccc24)C(=O)C(O)=C3)cc1OC. The zero-order chi connectivity index (χ0) is 17.6. The van der Waals surface area contributed by atoms with E-state index in [4.69, 9.17) is 9.47 Å². The van der Waals surface area contributed by atoms with E-state index in [2.05, 4.69) is 0 Å². The van der Waals surface area contributed by atoms with Gasteiger partial charge in [-0.3, -0.25) is 4.79 Å². The predicted octanol–water partition coefficient (Wildman–Crippen LogP) is 4.62. The third-order valence-corrected chi connectivity index (χ3v) is 4.54. The number of hydrogen-bond donors (Lipinski definition) is 1. The van der Waals surface area contributed by atoms with Gasteiger partial charge in [0.15, 0.2) is 17.3 Å². The number of ether oxygens (including phenoxy) is 2. The van der Waals surface area contributed by atoms with Crippen molar-refractivity contribution in [3.63, 3.8) is 0 Å². The smallest absolute Gasteiger partial charge is 0.227 e. The monoisotopic (exact) mass is 332 g/mol. The fraction of sp³-hybridized carbons (Fsp3) is 0.0952. The number of benzene rings is 3. The van der Waals surface area contributed by atoms with Crippen LogP contribution in [-0.4, -0.2) is 25.1 Å². The quantitative estimate of drug-likeness (QED) is 0.760. The molecule has 4 heteroatoms. The highest BCUT2D eigenvalue weighted by Gasteiger charge is 2.22. The van der Waals surface area contributed by atoms with Crippen LogP contribution in [0.4, 0.5) is 0 Å². The van der Waals surface area contributed by atoms with Crippen molar-refractivity contribution in [2.24, 2.45) is 0 Å². The van der Waals surface area contributed by atoms with Crippen molar-refractivity contribution < 1.29 is 19.4 Å². The number of allylic oxidation sites excluding steroid dienone is 1. The molecule has 124 valence electrons. The molecule has 0 aliphatic heterocycles. The number of hydrogen-bond acceptors (Lipinski definition) is 4. The number of aliphatic hydroxyl groups excluding tert-OH is 1. The summed E-state index contributed by atoms with van der Waals surface area (Å²) in [5.41, 5.74) is 3.32. The van der Waals surface area contributed by atoms with Gasteiger partial charge < -0.3 is 14.6 Å². The van der Waals surface area contributed by atoms with Crippen LogP contribution in [0.1, 0.15) is 15.9 Å². The zero-order valence-corrected chi connectivity index (χ0v) is 13.9. The van der Waals surface area contributed by atoms with E-state index in [-0.39, 0.29) is 11.5 Å². The van der Waals surface area contributed by atoms with E-state index >= 15 is 0 Å². The molecule has 1 aliphatic carbocycles. The summed E-state index contributed by atoms with van der Waals surface area (Å²) in [6.07, 6.45) is 1.52. The number of carbonyl (C=O) groups is 1. The molecule has 3 aromatic carbocycles. The molecule has 0 saturated carbocycles. The fourth-order valence-electron chi connectivity index (χ4n) is 3.35. The first kappa shape index (κ1) is 15.3. The highest BCUT2D eigenvalue weighted by Crippen LogP contribution is 2.39. The Bertz CT molecular complexity index is 1050. The lowest BCUT2D eigenvalue weighted by Gasteiger charge is -2.17. The molecule has 0 amide bonds. The summed E-state index contributed by atoms with van der Waals surface area (Å²) in [4.78, 5) is 12.3. The van der Waals surface area contributed by atoms with Gasteiger partial charge in [0, 0.05) is 10.9 Å². The van der Waals surface area contributed by atoms with Gasteiger partial charge in [0.2, 0.25) is 5.78 Å². The van der Waals surface area contributed by atoms with Gasteiger partial charge in [0.25, 0.3) is 0 Å². The predicted molar refractivity (Wildman–Crippen MR) is 97.4 cm³/mol. The van der Waals surface area contributed by atoms with E-state index in [1.807, 2.05) is 42.5 Å². The Hall–Kier alpha value is -3.27. The molecular weight excluding hydrogens is 316 g/mol. The van der Waals surface area contributed by atoms with Gasteiger partial charge >= 0.3 is 0 Å². The normalized spacial score (nSPS) is 12.9. The zero-order valence-electron chi connectivity index (χ0n) is 13.9. The molecule has 0 bridgehead atoms. The van der Waals surface area contributed by atoms with Crippen LogP contribution in [0, 0.1) is 0 Å². The van der Waals surface area contributed by atoms with Gasteiger partial charge in [-0.1, -0.05) is 36.4 Å². The Morgan fingerprint density at radius 1 is 0.880 bits per heavy atom. The minimum Gasteiger partial charge on any atom is -0.504 e. The third kappa shape index (κ3) is 2.26. The van der Waals surface area contributed by atoms with E-state index in [0.717, 1.165) is 27.5 Å². The van der Waals surface area contributed by atoms with Crippen molar-refractivity contribution >= 4 is 22.6 Å². The molecule has 0 fully saturated rings. The number of carbonyl (C=O) groups excluding carboxylic acids is 1. The largest absolute Gasteiger partial charge is 0.504 e. The molecule has 0 heterocycles. The number of aliphatic hydroxyl groups is 1. The number of ketones is 1. The molecule has 0 saturated heterocycles. The van der Waals surface area contributed by atoms with E-state index in [9.17, 15) is 9.90 Å². The molecule has 4 nitrogen and oxygen atoms in total. The summed E-state index contributed by atoms with van der Waals surface area (Å²) in [6.45, 7) is 0. The molecule has 4 rings (SSSR count). The van der Waals surface area contributed by atoms with Crippen LogP contribution >= 0.6 is 0 Å². The van der Waals surface area contributed by atoms with Crippen LogP contribution in [0.15, 0.2) is 54.3 Å². The second kappa shape index (κ2) is 5.67. The summed E-state index contributed by atoms with van der Waals surface area (Å²) in [7, 11) is 3.20. The minimum atomic E-state index is -0.345. The number of methoxy groups -OCH3 is 2. The van der Waals surface area contributed by atoms with Crippen molar-refractivity contribution in [3.8, 4) is 22.6 Å². The lowest BCUT2D eigenvalue weighted by Crippen LogP contribution is -2.08. The van der Waals surface area contributed by atoms with Gasteiger partial charge in [0.05, 0.1) is 14.2 Å². The fourth-order valence-corrected chi connectivity index (χ4v) is 3.35. The molecule has 1 aliphatic rings. The Kier molecular flexibility index (Phi) is 3.46. The summed E-state index contributed by atoms with van der Waals surface area (Å²) in [6, 6.07) is 15.2. The Morgan fingerprint density at radius 3 is 2.44 bits per heavy atom. The summed E-state index contributed by atoms with van der Waals surface area (Å²) in [5, 5.41) is 11.7. The van der Waals surface area contributed by atoms with Crippen molar-refractivity contribution in [3.05, 3.63) is 65.4 Å².